The van der Waals surface area contributed by atoms with Crippen LogP contribution >= 0.6 is 0 Å². The maximum Gasteiger partial charge on any atom is 0.278 e. The molecule has 3 aromatic rings. The molecule has 2 aromatic heterocycles. The smallest absolute Gasteiger partial charge is 0.278 e. The van der Waals surface area contributed by atoms with E-state index < -0.39 is 0 Å². The average Bonchev–Trinajstić information content (AvgIpc) is 3.41. The van der Waals surface area contributed by atoms with Crippen LogP contribution in [-0.2, 0) is 0 Å². The third-order valence-electron chi connectivity index (χ3n) is 4.38. The Morgan fingerprint density at radius 3 is 2.80 bits per heavy atom. The lowest BCUT2D eigenvalue weighted by Crippen LogP contribution is -2.08. The van der Waals surface area contributed by atoms with Crippen LogP contribution in [0.15, 0.2) is 28.8 Å². The molecular weight excluding hydrogens is 322 g/mol. The van der Waals surface area contributed by atoms with Gasteiger partial charge in [0.15, 0.2) is 17.2 Å². The first-order valence-electron chi connectivity index (χ1n) is 8.11. The largest absolute Gasteiger partial charge is 0.493 e. The number of nitrogens with one attached hydrogen (secondary N) is 2. The second kappa shape index (κ2) is 6.56. The van der Waals surface area contributed by atoms with Crippen molar-refractivity contribution in [2.75, 3.05) is 27.3 Å². The highest BCUT2D eigenvalue weighted by atomic mass is 16.5. The zero-order valence-corrected chi connectivity index (χ0v) is 14.1. The van der Waals surface area contributed by atoms with Crippen LogP contribution in [0.5, 0.6) is 11.5 Å². The number of H-pyrrole nitrogens is 1. The zero-order chi connectivity index (χ0) is 17.2. The minimum Gasteiger partial charge on any atom is -0.493 e. The first-order valence-corrected chi connectivity index (χ1v) is 8.11. The van der Waals surface area contributed by atoms with Crippen molar-refractivity contribution in [3.63, 3.8) is 0 Å². The van der Waals surface area contributed by atoms with Gasteiger partial charge in [0.2, 0.25) is 5.82 Å². The number of rotatable bonds is 5. The number of nitrogens with zero attached hydrogens (tertiary/aromatic N) is 3. The van der Waals surface area contributed by atoms with E-state index in [1.807, 2.05) is 24.3 Å². The molecule has 3 heterocycles. The molecule has 8 nitrogen and oxygen atoms in total. The van der Waals surface area contributed by atoms with E-state index in [-0.39, 0.29) is 0 Å². The van der Waals surface area contributed by atoms with Gasteiger partial charge in [-0.05, 0) is 37.2 Å². The Hall–Kier alpha value is -2.87. The third-order valence-corrected chi connectivity index (χ3v) is 4.38. The van der Waals surface area contributed by atoms with Crippen LogP contribution in [0.25, 0.3) is 23.0 Å². The highest BCUT2D eigenvalue weighted by Gasteiger charge is 2.21. The van der Waals surface area contributed by atoms with E-state index >= 15 is 0 Å². The molecule has 1 fully saturated rings. The van der Waals surface area contributed by atoms with Gasteiger partial charge < -0.3 is 19.3 Å². The van der Waals surface area contributed by atoms with Gasteiger partial charge in [-0.25, -0.2) is 0 Å². The van der Waals surface area contributed by atoms with Gasteiger partial charge in [-0.3, -0.25) is 5.10 Å². The Kier molecular flexibility index (Phi) is 4.10. The summed E-state index contributed by atoms with van der Waals surface area (Å²) in [6.07, 6.45) is 1.10. The van der Waals surface area contributed by atoms with Gasteiger partial charge in [0, 0.05) is 23.7 Å². The Morgan fingerprint density at radius 2 is 2.04 bits per heavy atom. The summed E-state index contributed by atoms with van der Waals surface area (Å²) in [5.41, 5.74) is 2.52. The molecule has 1 atom stereocenters. The molecule has 1 aliphatic rings. The maximum absolute atomic E-state index is 5.38. The number of hydrogen-bond acceptors (Lipinski definition) is 7. The molecular formula is C17H19N5O3. The van der Waals surface area contributed by atoms with E-state index in [0.717, 1.165) is 30.8 Å². The maximum atomic E-state index is 5.38. The quantitative estimate of drug-likeness (QED) is 0.734. The fourth-order valence-corrected chi connectivity index (χ4v) is 3.00. The van der Waals surface area contributed by atoms with Gasteiger partial charge in [-0.15, -0.1) is 0 Å². The van der Waals surface area contributed by atoms with Gasteiger partial charge in [-0.2, -0.15) is 10.1 Å². The number of benzene rings is 1. The second-order valence-electron chi connectivity index (χ2n) is 5.89. The van der Waals surface area contributed by atoms with Crippen LogP contribution in [0.1, 0.15) is 18.0 Å². The van der Waals surface area contributed by atoms with E-state index in [9.17, 15) is 0 Å². The molecule has 1 unspecified atom stereocenters. The first-order chi connectivity index (χ1) is 12.3. The van der Waals surface area contributed by atoms with Crippen LogP contribution < -0.4 is 14.8 Å². The minimum absolute atomic E-state index is 0.387. The van der Waals surface area contributed by atoms with Gasteiger partial charge >= 0.3 is 0 Å². The molecule has 1 saturated heterocycles. The molecule has 2 N–H and O–H groups in total. The molecule has 4 rings (SSSR count). The standard InChI is InChI=1S/C17H19N5O3/c1-23-14-4-3-10(7-15(14)24-2)16-19-17(25-22-16)13-8-12(20-21-13)11-5-6-18-9-11/h3-4,7-8,11,18H,5-6,9H2,1-2H3,(H,20,21). The molecule has 0 saturated carbocycles. The Morgan fingerprint density at radius 1 is 1.16 bits per heavy atom. The Labute approximate surface area is 144 Å². The topological polar surface area (TPSA) is 98.1 Å². The van der Waals surface area contributed by atoms with Crippen molar-refractivity contribution >= 4 is 0 Å². The van der Waals surface area contributed by atoms with E-state index in [1.165, 1.54) is 0 Å². The molecule has 0 amide bonds. The Balaban J connectivity index is 1.60. The molecule has 25 heavy (non-hydrogen) atoms. The van der Waals surface area contributed by atoms with Gasteiger partial charge in [0.1, 0.15) is 0 Å². The van der Waals surface area contributed by atoms with Crippen molar-refractivity contribution in [2.24, 2.45) is 0 Å². The van der Waals surface area contributed by atoms with Crippen LogP contribution in [0.4, 0.5) is 0 Å². The van der Waals surface area contributed by atoms with Crippen LogP contribution in [0, 0.1) is 0 Å². The summed E-state index contributed by atoms with van der Waals surface area (Å²) in [4.78, 5) is 4.45. The molecule has 0 aliphatic carbocycles. The molecule has 0 spiro atoms. The number of aromatic nitrogens is 4. The fourth-order valence-electron chi connectivity index (χ4n) is 3.00. The molecule has 130 valence electrons. The summed E-state index contributed by atoms with van der Waals surface area (Å²) in [5, 5.41) is 14.8. The van der Waals surface area contributed by atoms with Gasteiger partial charge in [0.05, 0.1) is 14.2 Å². The van der Waals surface area contributed by atoms with Crippen molar-refractivity contribution in [3.8, 4) is 34.5 Å². The molecule has 0 bridgehead atoms. The van der Waals surface area contributed by atoms with E-state index in [4.69, 9.17) is 14.0 Å². The average molecular weight is 341 g/mol. The summed E-state index contributed by atoms with van der Waals surface area (Å²) in [5.74, 6) is 2.58. The summed E-state index contributed by atoms with van der Waals surface area (Å²) in [6, 6.07) is 7.46. The molecule has 1 aromatic carbocycles. The number of methoxy groups -OCH3 is 2. The van der Waals surface area contributed by atoms with E-state index in [0.29, 0.717) is 34.8 Å². The van der Waals surface area contributed by atoms with Gasteiger partial charge in [-0.1, -0.05) is 5.16 Å². The number of ether oxygens (including phenoxy) is 2. The number of hydrogen-bond donors (Lipinski definition) is 2. The minimum atomic E-state index is 0.387. The summed E-state index contributed by atoms with van der Waals surface area (Å²) >= 11 is 0. The predicted octanol–water partition coefficient (Wildman–Crippen LogP) is 2.22. The lowest BCUT2D eigenvalue weighted by atomic mass is 10.1. The Bertz CT molecular complexity index is 867. The monoisotopic (exact) mass is 341 g/mol. The van der Waals surface area contributed by atoms with E-state index in [1.54, 1.807) is 14.2 Å². The lowest BCUT2D eigenvalue weighted by molar-refractivity contribution is 0.355. The lowest BCUT2D eigenvalue weighted by Gasteiger charge is -2.07. The summed E-state index contributed by atoms with van der Waals surface area (Å²) in [6.45, 7) is 1.99. The zero-order valence-electron chi connectivity index (χ0n) is 14.1. The van der Waals surface area contributed by atoms with Crippen LogP contribution in [-0.4, -0.2) is 47.6 Å². The van der Waals surface area contributed by atoms with Gasteiger partial charge in [0.25, 0.3) is 5.89 Å². The molecule has 1 aliphatic heterocycles. The van der Waals surface area contributed by atoms with Crippen molar-refractivity contribution < 1.29 is 14.0 Å². The SMILES string of the molecule is COc1ccc(-c2noc(-c3cc(C4CCNC4)[nH]n3)n2)cc1OC. The third kappa shape index (κ3) is 2.96. The second-order valence-corrected chi connectivity index (χ2v) is 5.89. The first kappa shape index (κ1) is 15.6. The van der Waals surface area contributed by atoms with Crippen molar-refractivity contribution in [2.45, 2.75) is 12.3 Å². The molecule has 8 heteroatoms. The summed E-state index contributed by atoms with van der Waals surface area (Å²) < 4.78 is 15.9. The highest BCUT2D eigenvalue weighted by molar-refractivity contribution is 5.62. The highest BCUT2D eigenvalue weighted by Crippen LogP contribution is 2.32. The van der Waals surface area contributed by atoms with Crippen molar-refractivity contribution in [1.82, 2.24) is 25.7 Å². The normalized spacial score (nSPS) is 17.0. The van der Waals surface area contributed by atoms with Crippen LogP contribution in [0.2, 0.25) is 0 Å². The molecule has 0 radical (unpaired) electrons. The van der Waals surface area contributed by atoms with Crippen molar-refractivity contribution in [3.05, 3.63) is 30.0 Å². The number of aromatic amines is 1. The summed E-state index contributed by atoms with van der Waals surface area (Å²) in [7, 11) is 3.19. The van der Waals surface area contributed by atoms with Crippen molar-refractivity contribution in [1.29, 1.82) is 0 Å². The van der Waals surface area contributed by atoms with Crippen LogP contribution in [0.3, 0.4) is 0 Å². The predicted molar refractivity (Wildman–Crippen MR) is 90.6 cm³/mol. The fraction of sp³-hybridized carbons (Fsp3) is 0.353. The van der Waals surface area contributed by atoms with E-state index in [2.05, 4.69) is 25.7 Å².